The summed E-state index contributed by atoms with van der Waals surface area (Å²) >= 11 is 9.56. The predicted molar refractivity (Wildman–Crippen MR) is 103 cm³/mol. The molecular weight excluding hydrogens is 441 g/mol. The Morgan fingerprint density at radius 2 is 2.11 bits per heavy atom. The largest absolute Gasteiger partial charge is 0.493 e. The highest BCUT2D eigenvalue weighted by molar-refractivity contribution is 9.10. The van der Waals surface area contributed by atoms with Crippen molar-refractivity contribution in [3.63, 3.8) is 0 Å². The fraction of sp³-hybridized carbons (Fsp3) is 0.235. The minimum Gasteiger partial charge on any atom is -0.493 e. The highest BCUT2D eigenvalue weighted by Gasteiger charge is 2.14. The van der Waals surface area contributed by atoms with Crippen molar-refractivity contribution in [3.05, 3.63) is 56.8 Å². The summed E-state index contributed by atoms with van der Waals surface area (Å²) in [5.41, 5.74) is 1.20. The molecule has 0 amide bonds. The Bertz CT molecular complexity index is 933. The lowest BCUT2D eigenvalue weighted by Gasteiger charge is -2.15. The maximum Gasteiger partial charge on any atom is 0.242 e. The second-order valence-electron chi connectivity index (χ2n) is 5.56. The van der Waals surface area contributed by atoms with Gasteiger partial charge in [-0.3, -0.25) is 0 Å². The third kappa shape index (κ3) is 4.48. The van der Waals surface area contributed by atoms with Crippen molar-refractivity contribution in [2.75, 3.05) is 12.4 Å². The van der Waals surface area contributed by atoms with Crippen LogP contribution in [0.4, 0.5) is 10.3 Å². The summed E-state index contributed by atoms with van der Waals surface area (Å²) in [6, 6.07) is 8.09. The van der Waals surface area contributed by atoms with Gasteiger partial charge in [-0.2, -0.15) is 0 Å². The van der Waals surface area contributed by atoms with E-state index >= 15 is 0 Å². The Morgan fingerprint density at radius 1 is 1.30 bits per heavy atom. The lowest BCUT2D eigenvalue weighted by molar-refractivity contribution is 0.279. The number of nitrogens with zero attached hydrogens (tertiary/aromatic N) is 4. The zero-order valence-electron chi connectivity index (χ0n) is 14.5. The molecule has 0 saturated carbocycles. The first-order chi connectivity index (χ1) is 13.0. The smallest absolute Gasteiger partial charge is 0.242 e. The van der Waals surface area contributed by atoms with E-state index in [2.05, 4.69) is 36.8 Å². The highest BCUT2D eigenvalue weighted by atomic mass is 79.9. The molecule has 142 valence electrons. The number of hydrogen-bond donors (Lipinski definition) is 1. The molecule has 7 nitrogen and oxygen atoms in total. The van der Waals surface area contributed by atoms with Crippen molar-refractivity contribution >= 4 is 33.5 Å². The Balaban J connectivity index is 1.76. The number of tetrazole rings is 1. The molecule has 2 aromatic carbocycles. The molecule has 0 aliphatic carbocycles. The fourth-order valence-electron chi connectivity index (χ4n) is 2.36. The highest BCUT2D eigenvalue weighted by Crippen LogP contribution is 2.35. The third-order valence-corrected chi connectivity index (χ3v) is 4.92. The van der Waals surface area contributed by atoms with E-state index < -0.39 is 5.82 Å². The standard InChI is InChI=1S/C17H16BrClFN5O2/c1-25-17(22-23-24-25)21-8-10-6-15(26-2)16(7-12(10)18)27-9-11-13(19)4-3-5-14(11)20/h3-7H,8-9H2,1-2H3,(H,21,22,24). The average Bonchev–Trinajstić information content (AvgIpc) is 3.05. The van der Waals surface area contributed by atoms with Gasteiger partial charge in [0.2, 0.25) is 5.95 Å². The van der Waals surface area contributed by atoms with Crippen LogP contribution in [0.1, 0.15) is 11.1 Å². The molecule has 1 heterocycles. The van der Waals surface area contributed by atoms with Crippen LogP contribution < -0.4 is 14.8 Å². The maximum atomic E-state index is 13.9. The van der Waals surface area contributed by atoms with Crippen molar-refractivity contribution < 1.29 is 13.9 Å². The van der Waals surface area contributed by atoms with Crippen LogP contribution in [0.2, 0.25) is 5.02 Å². The second kappa shape index (κ2) is 8.53. The minimum atomic E-state index is -0.418. The van der Waals surface area contributed by atoms with Gasteiger partial charge in [0.05, 0.1) is 12.1 Å². The van der Waals surface area contributed by atoms with Gasteiger partial charge in [0.1, 0.15) is 12.4 Å². The first-order valence-electron chi connectivity index (χ1n) is 7.88. The number of nitrogens with one attached hydrogen (secondary N) is 1. The number of aromatic nitrogens is 4. The summed E-state index contributed by atoms with van der Waals surface area (Å²) in [5.74, 6) is 1.10. The second-order valence-corrected chi connectivity index (χ2v) is 6.82. The molecule has 0 aliphatic heterocycles. The molecule has 0 spiro atoms. The van der Waals surface area contributed by atoms with Crippen LogP contribution in [-0.4, -0.2) is 27.3 Å². The Hall–Kier alpha value is -2.39. The summed E-state index contributed by atoms with van der Waals surface area (Å²) in [7, 11) is 3.28. The molecule has 0 radical (unpaired) electrons. The number of ether oxygens (including phenoxy) is 2. The first-order valence-corrected chi connectivity index (χ1v) is 9.05. The topological polar surface area (TPSA) is 74.1 Å². The van der Waals surface area contributed by atoms with E-state index in [1.54, 1.807) is 25.2 Å². The number of aryl methyl sites for hydroxylation is 1. The van der Waals surface area contributed by atoms with E-state index in [-0.39, 0.29) is 12.2 Å². The van der Waals surface area contributed by atoms with Crippen LogP contribution >= 0.6 is 27.5 Å². The SMILES string of the molecule is COc1cc(CNc2nnnn2C)c(Br)cc1OCc1c(F)cccc1Cl. The Labute approximate surface area is 168 Å². The average molecular weight is 457 g/mol. The van der Waals surface area contributed by atoms with Crippen molar-refractivity contribution in [2.24, 2.45) is 7.05 Å². The lowest BCUT2D eigenvalue weighted by atomic mass is 10.2. The summed E-state index contributed by atoms with van der Waals surface area (Å²) in [5, 5.41) is 14.6. The molecule has 27 heavy (non-hydrogen) atoms. The van der Waals surface area contributed by atoms with E-state index in [1.165, 1.54) is 17.9 Å². The van der Waals surface area contributed by atoms with E-state index in [1.807, 2.05) is 6.07 Å². The van der Waals surface area contributed by atoms with Crippen molar-refractivity contribution in [2.45, 2.75) is 13.2 Å². The number of benzene rings is 2. The summed E-state index contributed by atoms with van der Waals surface area (Å²) in [4.78, 5) is 0. The fourth-order valence-corrected chi connectivity index (χ4v) is 3.04. The van der Waals surface area contributed by atoms with Gasteiger partial charge in [0.25, 0.3) is 0 Å². The molecular formula is C17H16BrClFN5O2. The van der Waals surface area contributed by atoms with Gasteiger partial charge in [0.15, 0.2) is 11.5 Å². The van der Waals surface area contributed by atoms with E-state index in [4.69, 9.17) is 21.1 Å². The summed E-state index contributed by atoms with van der Waals surface area (Å²) in [6.45, 7) is 0.446. The van der Waals surface area contributed by atoms with E-state index in [0.29, 0.717) is 29.0 Å². The predicted octanol–water partition coefficient (Wildman–Crippen LogP) is 3.96. The lowest BCUT2D eigenvalue weighted by Crippen LogP contribution is -2.07. The van der Waals surface area contributed by atoms with Gasteiger partial charge in [0, 0.05) is 23.6 Å². The molecule has 0 unspecified atom stereocenters. The van der Waals surface area contributed by atoms with Crippen molar-refractivity contribution in [1.29, 1.82) is 0 Å². The van der Waals surface area contributed by atoms with Crippen molar-refractivity contribution in [3.8, 4) is 11.5 Å². The normalized spacial score (nSPS) is 10.7. The molecule has 0 atom stereocenters. The number of methoxy groups -OCH3 is 1. The van der Waals surface area contributed by atoms with Crippen LogP contribution in [0, 0.1) is 5.82 Å². The van der Waals surface area contributed by atoms with Crippen molar-refractivity contribution in [1.82, 2.24) is 20.2 Å². The van der Waals surface area contributed by atoms with Gasteiger partial charge in [-0.05, 0) is 40.3 Å². The molecule has 0 bridgehead atoms. The third-order valence-electron chi connectivity index (χ3n) is 3.82. The van der Waals surface area contributed by atoms with Crippen LogP contribution in [0.5, 0.6) is 11.5 Å². The molecule has 0 fully saturated rings. The number of anilines is 1. The molecule has 0 saturated heterocycles. The summed E-state index contributed by atoms with van der Waals surface area (Å²) in [6.07, 6.45) is 0. The van der Waals surface area contributed by atoms with Crippen LogP contribution in [0.3, 0.4) is 0 Å². The van der Waals surface area contributed by atoms with Crippen LogP contribution in [0.15, 0.2) is 34.8 Å². The zero-order chi connectivity index (χ0) is 19.4. The van der Waals surface area contributed by atoms with Crippen LogP contribution in [0.25, 0.3) is 0 Å². The van der Waals surface area contributed by atoms with Gasteiger partial charge in [-0.15, -0.1) is 0 Å². The molecule has 1 aromatic heterocycles. The molecule has 3 aromatic rings. The van der Waals surface area contributed by atoms with Gasteiger partial charge < -0.3 is 14.8 Å². The number of hydrogen-bond acceptors (Lipinski definition) is 6. The first kappa shape index (κ1) is 19.4. The number of rotatable bonds is 7. The summed E-state index contributed by atoms with van der Waals surface area (Å²) < 4.78 is 27.4. The monoisotopic (exact) mass is 455 g/mol. The molecule has 1 N–H and O–H groups in total. The van der Waals surface area contributed by atoms with E-state index in [9.17, 15) is 4.39 Å². The minimum absolute atomic E-state index is 0.0173. The quantitative estimate of drug-likeness (QED) is 0.580. The number of halogens is 3. The molecule has 3 rings (SSSR count). The van der Waals surface area contributed by atoms with Gasteiger partial charge >= 0.3 is 0 Å². The van der Waals surface area contributed by atoms with Gasteiger partial charge in [-0.1, -0.05) is 38.7 Å². The molecule has 0 aliphatic rings. The maximum absolute atomic E-state index is 13.9. The van der Waals surface area contributed by atoms with E-state index in [0.717, 1.165) is 10.0 Å². The molecule has 10 heteroatoms. The zero-order valence-corrected chi connectivity index (χ0v) is 16.9. The van der Waals surface area contributed by atoms with Gasteiger partial charge in [-0.25, -0.2) is 9.07 Å². The Kier molecular flexibility index (Phi) is 6.12. The Morgan fingerprint density at radius 3 is 2.78 bits per heavy atom. The van der Waals surface area contributed by atoms with Crippen LogP contribution in [-0.2, 0) is 20.2 Å².